The van der Waals surface area contributed by atoms with Gasteiger partial charge in [-0.05, 0) is 30.5 Å². The largest absolute Gasteiger partial charge is 0.481 e. The smallest absolute Gasteiger partial charge is 0.314 e. The molecule has 0 radical (unpaired) electrons. The second kappa shape index (κ2) is 4.34. The highest BCUT2D eigenvalue weighted by atomic mass is 16.4. The first-order valence-corrected chi connectivity index (χ1v) is 5.16. The first-order valence-electron chi connectivity index (χ1n) is 5.16. The second-order valence-electron chi connectivity index (χ2n) is 3.72. The first kappa shape index (κ1) is 11.6. The molecule has 0 saturated heterocycles. The van der Waals surface area contributed by atoms with E-state index in [-0.39, 0.29) is 0 Å². The van der Waals surface area contributed by atoms with Gasteiger partial charge in [0.2, 0.25) is 0 Å². The van der Waals surface area contributed by atoms with Crippen molar-refractivity contribution >= 4 is 11.7 Å². The molecule has 0 amide bonds. The van der Waals surface area contributed by atoms with Crippen LogP contribution in [0.2, 0.25) is 0 Å². The van der Waals surface area contributed by atoms with Gasteiger partial charge in [-0.3, -0.25) is 4.79 Å². The standard InChI is InChI=1S/C12H17NO2/c1-3-12(4-2,11(14)15)9-5-7-10(13)8-6-9/h5-8H,3-4,13H2,1-2H3,(H,14,15). The van der Waals surface area contributed by atoms with Crippen LogP contribution >= 0.6 is 0 Å². The molecular weight excluding hydrogens is 190 g/mol. The molecule has 0 saturated carbocycles. The minimum absolute atomic E-state index is 0.586. The van der Waals surface area contributed by atoms with Crippen LogP contribution in [0, 0.1) is 0 Å². The molecule has 15 heavy (non-hydrogen) atoms. The highest BCUT2D eigenvalue weighted by molar-refractivity contribution is 5.81. The van der Waals surface area contributed by atoms with Gasteiger partial charge in [0, 0.05) is 5.69 Å². The molecule has 0 heterocycles. The number of carbonyl (C=O) groups is 1. The zero-order chi connectivity index (χ0) is 11.5. The predicted molar refractivity (Wildman–Crippen MR) is 60.8 cm³/mol. The van der Waals surface area contributed by atoms with Crippen LogP contribution in [0.4, 0.5) is 5.69 Å². The van der Waals surface area contributed by atoms with E-state index in [0.29, 0.717) is 18.5 Å². The van der Waals surface area contributed by atoms with Crippen LogP contribution in [-0.2, 0) is 10.2 Å². The molecule has 82 valence electrons. The number of hydrogen-bond acceptors (Lipinski definition) is 2. The summed E-state index contributed by atoms with van der Waals surface area (Å²) in [4.78, 5) is 11.3. The van der Waals surface area contributed by atoms with Gasteiger partial charge in [-0.25, -0.2) is 0 Å². The summed E-state index contributed by atoms with van der Waals surface area (Å²) in [5, 5.41) is 9.32. The van der Waals surface area contributed by atoms with Crippen molar-refractivity contribution < 1.29 is 9.90 Å². The molecule has 0 spiro atoms. The van der Waals surface area contributed by atoms with E-state index in [1.54, 1.807) is 24.3 Å². The minimum Gasteiger partial charge on any atom is -0.481 e. The Bertz CT molecular complexity index is 339. The van der Waals surface area contributed by atoms with Crippen LogP contribution in [0.1, 0.15) is 32.3 Å². The number of nitrogens with two attached hydrogens (primary N) is 1. The Morgan fingerprint density at radius 1 is 1.27 bits per heavy atom. The van der Waals surface area contributed by atoms with E-state index in [9.17, 15) is 9.90 Å². The van der Waals surface area contributed by atoms with Gasteiger partial charge in [0.15, 0.2) is 0 Å². The predicted octanol–water partition coefficient (Wildman–Crippen LogP) is 2.41. The maximum atomic E-state index is 11.3. The Morgan fingerprint density at radius 2 is 1.73 bits per heavy atom. The highest BCUT2D eigenvalue weighted by Gasteiger charge is 2.36. The third-order valence-electron chi connectivity index (χ3n) is 3.08. The van der Waals surface area contributed by atoms with Crippen LogP contribution in [0.15, 0.2) is 24.3 Å². The number of anilines is 1. The van der Waals surface area contributed by atoms with Crippen molar-refractivity contribution in [2.45, 2.75) is 32.1 Å². The molecular formula is C12H17NO2. The lowest BCUT2D eigenvalue weighted by Crippen LogP contribution is -2.34. The quantitative estimate of drug-likeness (QED) is 0.745. The van der Waals surface area contributed by atoms with Crippen LogP contribution in [-0.4, -0.2) is 11.1 Å². The normalized spacial score (nSPS) is 11.3. The van der Waals surface area contributed by atoms with Gasteiger partial charge >= 0.3 is 5.97 Å². The van der Waals surface area contributed by atoms with E-state index in [1.807, 2.05) is 13.8 Å². The Labute approximate surface area is 89.9 Å². The molecule has 0 aliphatic carbocycles. The summed E-state index contributed by atoms with van der Waals surface area (Å²) in [5.41, 5.74) is 6.30. The van der Waals surface area contributed by atoms with E-state index < -0.39 is 11.4 Å². The Balaban J connectivity index is 3.20. The molecule has 3 heteroatoms. The molecule has 3 nitrogen and oxygen atoms in total. The number of aliphatic carboxylic acids is 1. The third kappa shape index (κ3) is 1.96. The van der Waals surface area contributed by atoms with Gasteiger partial charge in [0.25, 0.3) is 0 Å². The Kier molecular flexibility index (Phi) is 3.35. The number of carboxylic acid groups (broad SMARTS) is 1. The summed E-state index contributed by atoms with van der Waals surface area (Å²) >= 11 is 0. The molecule has 0 aliphatic rings. The number of benzene rings is 1. The molecule has 0 atom stereocenters. The fourth-order valence-corrected chi connectivity index (χ4v) is 1.89. The molecule has 3 N–H and O–H groups in total. The molecule has 1 rings (SSSR count). The van der Waals surface area contributed by atoms with Gasteiger partial charge in [-0.1, -0.05) is 26.0 Å². The van der Waals surface area contributed by atoms with Crippen molar-refractivity contribution in [3.05, 3.63) is 29.8 Å². The summed E-state index contributed by atoms with van der Waals surface area (Å²) in [7, 11) is 0. The van der Waals surface area contributed by atoms with Crippen molar-refractivity contribution in [3.63, 3.8) is 0 Å². The first-order chi connectivity index (χ1) is 7.06. The number of nitrogen functional groups attached to an aromatic ring is 1. The summed E-state index contributed by atoms with van der Waals surface area (Å²) in [6.45, 7) is 3.79. The van der Waals surface area contributed by atoms with Gasteiger partial charge in [0.1, 0.15) is 0 Å². The fraction of sp³-hybridized carbons (Fsp3) is 0.417. The lowest BCUT2D eigenvalue weighted by atomic mass is 9.76. The Morgan fingerprint density at radius 3 is 2.07 bits per heavy atom. The third-order valence-corrected chi connectivity index (χ3v) is 3.08. The average molecular weight is 207 g/mol. The van der Waals surface area contributed by atoms with Crippen LogP contribution < -0.4 is 5.73 Å². The van der Waals surface area contributed by atoms with Crippen molar-refractivity contribution in [1.82, 2.24) is 0 Å². The number of carboxylic acids is 1. The van der Waals surface area contributed by atoms with E-state index >= 15 is 0 Å². The lowest BCUT2D eigenvalue weighted by molar-refractivity contribution is -0.144. The molecule has 0 bridgehead atoms. The minimum atomic E-state index is -0.770. The average Bonchev–Trinajstić information content (AvgIpc) is 2.22. The van der Waals surface area contributed by atoms with Crippen LogP contribution in [0.25, 0.3) is 0 Å². The van der Waals surface area contributed by atoms with E-state index in [2.05, 4.69) is 0 Å². The topological polar surface area (TPSA) is 63.3 Å². The van der Waals surface area contributed by atoms with E-state index in [1.165, 1.54) is 0 Å². The highest BCUT2D eigenvalue weighted by Crippen LogP contribution is 2.32. The van der Waals surface area contributed by atoms with Crippen LogP contribution in [0.3, 0.4) is 0 Å². The zero-order valence-electron chi connectivity index (χ0n) is 9.16. The molecule has 1 aromatic carbocycles. The van der Waals surface area contributed by atoms with E-state index in [4.69, 9.17) is 5.73 Å². The van der Waals surface area contributed by atoms with Crippen molar-refractivity contribution in [2.75, 3.05) is 5.73 Å². The maximum absolute atomic E-state index is 11.3. The number of rotatable bonds is 4. The van der Waals surface area contributed by atoms with Crippen LogP contribution in [0.5, 0.6) is 0 Å². The van der Waals surface area contributed by atoms with E-state index in [0.717, 1.165) is 5.56 Å². The summed E-state index contributed by atoms with van der Waals surface area (Å²) in [6, 6.07) is 7.10. The van der Waals surface area contributed by atoms with Gasteiger partial charge in [0.05, 0.1) is 5.41 Å². The molecule has 1 aromatic rings. The lowest BCUT2D eigenvalue weighted by Gasteiger charge is -2.27. The summed E-state index contributed by atoms with van der Waals surface area (Å²) < 4.78 is 0. The molecule has 0 aliphatic heterocycles. The summed E-state index contributed by atoms with van der Waals surface area (Å²) in [6.07, 6.45) is 1.17. The molecule has 0 aromatic heterocycles. The van der Waals surface area contributed by atoms with Gasteiger partial charge in [-0.15, -0.1) is 0 Å². The molecule has 0 fully saturated rings. The second-order valence-corrected chi connectivity index (χ2v) is 3.72. The molecule has 0 unspecified atom stereocenters. The van der Waals surface area contributed by atoms with Gasteiger partial charge in [-0.2, -0.15) is 0 Å². The number of hydrogen-bond donors (Lipinski definition) is 2. The Hall–Kier alpha value is -1.51. The maximum Gasteiger partial charge on any atom is 0.314 e. The SMILES string of the molecule is CCC(CC)(C(=O)O)c1ccc(N)cc1. The van der Waals surface area contributed by atoms with Crippen molar-refractivity contribution in [3.8, 4) is 0 Å². The summed E-state index contributed by atoms with van der Waals surface area (Å²) in [5.74, 6) is -0.766. The zero-order valence-corrected chi connectivity index (χ0v) is 9.16. The monoisotopic (exact) mass is 207 g/mol. The fourth-order valence-electron chi connectivity index (χ4n) is 1.89. The van der Waals surface area contributed by atoms with Crippen molar-refractivity contribution in [1.29, 1.82) is 0 Å². The van der Waals surface area contributed by atoms with Crippen molar-refractivity contribution in [2.24, 2.45) is 0 Å². The van der Waals surface area contributed by atoms with Gasteiger partial charge < -0.3 is 10.8 Å².